The van der Waals surface area contributed by atoms with Crippen molar-refractivity contribution in [1.82, 2.24) is 13.5 Å². The van der Waals surface area contributed by atoms with Gasteiger partial charge in [-0.2, -0.15) is 17.0 Å². The highest BCUT2D eigenvalue weighted by molar-refractivity contribution is 7.86. The van der Waals surface area contributed by atoms with Gasteiger partial charge in [-0.25, -0.2) is 4.79 Å². The molecule has 9 nitrogen and oxygen atoms in total. The van der Waals surface area contributed by atoms with E-state index >= 15 is 0 Å². The molecule has 2 fully saturated rings. The molecule has 172 valence electrons. The normalized spacial score (nSPS) is 19.3. The van der Waals surface area contributed by atoms with E-state index in [1.54, 1.807) is 35.6 Å². The monoisotopic (exact) mass is 452 g/mol. The predicted molar refractivity (Wildman–Crippen MR) is 118 cm³/mol. The van der Waals surface area contributed by atoms with Crippen LogP contribution in [-0.2, 0) is 19.7 Å². The number of methoxy groups -OCH3 is 1. The molecule has 0 atom stereocenters. The molecule has 31 heavy (non-hydrogen) atoms. The second kappa shape index (κ2) is 10.5. The van der Waals surface area contributed by atoms with Crippen LogP contribution in [0.1, 0.15) is 42.5 Å². The quantitative estimate of drug-likeness (QED) is 0.630. The lowest BCUT2D eigenvalue weighted by molar-refractivity contribution is -0.117. The van der Waals surface area contributed by atoms with Crippen LogP contribution in [0.5, 0.6) is 0 Å². The molecule has 0 bridgehead atoms. The molecule has 0 radical (unpaired) electrons. The van der Waals surface area contributed by atoms with Crippen molar-refractivity contribution in [1.29, 1.82) is 0 Å². The van der Waals surface area contributed by atoms with E-state index < -0.39 is 16.2 Å². The SMILES string of the molecule is COC(=O)c1cccc(NC(=O)CN2CCN(S(=O)(=O)N(C)C3CCCCC3)CC2)c1. The fourth-order valence-corrected chi connectivity index (χ4v) is 5.76. The summed E-state index contributed by atoms with van der Waals surface area (Å²) in [5.41, 5.74) is 0.879. The molecule has 3 rings (SSSR count). The van der Waals surface area contributed by atoms with Gasteiger partial charge in [0.1, 0.15) is 0 Å². The number of nitrogens with one attached hydrogen (secondary N) is 1. The lowest BCUT2D eigenvalue weighted by Gasteiger charge is -2.38. The van der Waals surface area contributed by atoms with Gasteiger partial charge in [0.15, 0.2) is 0 Å². The van der Waals surface area contributed by atoms with Crippen molar-refractivity contribution in [2.24, 2.45) is 0 Å². The molecule has 1 aliphatic heterocycles. The van der Waals surface area contributed by atoms with Gasteiger partial charge in [-0.15, -0.1) is 0 Å². The number of ether oxygens (including phenoxy) is 1. The molecule has 2 aliphatic rings. The number of hydrogen-bond acceptors (Lipinski definition) is 6. The molecule has 1 aromatic carbocycles. The highest BCUT2D eigenvalue weighted by Gasteiger charge is 2.34. The minimum absolute atomic E-state index is 0.0864. The lowest BCUT2D eigenvalue weighted by atomic mass is 9.96. The minimum atomic E-state index is -3.48. The summed E-state index contributed by atoms with van der Waals surface area (Å²) in [5.74, 6) is -0.677. The number of anilines is 1. The molecule has 10 heteroatoms. The van der Waals surface area contributed by atoms with Gasteiger partial charge in [0.05, 0.1) is 19.2 Å². The Morgan fingerprint density at radius 3 is 2.45 bits per heavy atom. The van der Waals surface area contributed by atoms with Crippen molar-refractivity contribution in [3.8, 4) is 0 Å². The standard InChI is InChI=1S/C21H32N4O5S/c1-23(19-9-4-3-5-10-19)31(28,29)25-13-11-24(12-14-25)16-20(26)22-18-8-6-7-17(15-18)21(27)30-2/h6-8,15,19H,3-5,9-14,16H2,1-2H3,(H,22,26). The molecule has 1 saturated carbocycles. The average molecular weight is 453 g/mol. The van der Waals surface area contributed by atoms with Crippen molar-refractivity contribution in [2.75, 3.05) is 52.2 Å². The first-order chi connectivity index (χ1) is 14.8. The van der Waals surface area contributed by atoms with Crippen LogP contribution in [0.2, 0.25) is 0 Å². The highest BCUT2D eigenvalue weighted by atomic mass is 32.2. The first kappa shape index (κ1) is 23.6. The molecule has 1 saturated heterocycles. The Labute approximate surface area is 184 Å². The van der Waals surface area contributed by atoms with Crippen LogP contribution >= 0.6 is 0 Å². The van der Waals surface area contributed by atoms with Gasteiger partial charge in [0.2, 0.25) is 5.91 Å². The lowest BCUT2D eigenvalue weighted by Crippen LogP contribution is -2.55. The second-order valence-corrected chi connectivity index (χ2v) is 10.1. The average Bonchev–Trinajstić information content (AvgIpc) is 2.79. The molecule has 0 spiro atoms. The van der Waals surface area contributed by atoms with Gasteiger partial charge in [0.25, 0.3) is 10.2 Å². The van der Waals surface area contributed by atoms with Crippen LogP contribution in [0.25, 0.3) is 0 Å². The summed E-state index contributed by atoms with van der Waals surface area (Å²) in [7, 11) is -0.488. The van der Waals surface area contributed by atoms with Gasteiger partial charge in [-0.3, -0.25) is 9.69 Å². The molecular formula is C21H32N4O5S. The molecule has 1 heterocycles. The third-order valence-electron chi connectivity index (χ3n) is 6.05. The first-order valence-electron chi connectivity index (χ1n) is 10.7. The maximum absolute atomic E-state index is 13.0. The van der Waals surface area contributed by atoms with Crippen LogP contribution in [0.4, 0.5) is 5.69 Å². The smallest absolute Gasteiger partial charge is 0.337 e. The van der Waals surface area contributed by atoms with Crippen molar-refractivity contribution in [3.63, 3.8) is 0 Å². The van der Waals surface area contributed by atoms with Gasteiger partial charge in [0, 0.05) is 45.0 Å². The van der Waals surface area contributed by atoms with Crippen LogP contribution in [0.15, 0.2) is 24.3 Å². The largest absolute Gasteiger partial charge is 0.465 e. The van der Waals surface area contributed by atoms with Crippen LogP contribution in [-0.4, -0.2) is 86.7 Å². The van der Waals surface area contributed by atoms with Gasteiger partial charge in [-0.1, -0.05) is 25.3 Å². The zero-order valence-electron chi connectivity index (χ0n) is 18.2. The molecule has 1 N–H and O–H groups in total. The molecule has 1 aromatic rings. The number of esters is 1. The minimum Gasteiger partial charge on any atom is -0.465 e. The third kappa shape index (κ3) is 6.03. The zero-order valence-corrected chi connectivity index (χ0v) is 19.1. The Kier molecular flexibility index (Phi) is 8.04. The maximum atomic E-state index is 13.0. The van der Waals surface area contributed by atoms with Crippen molar-refractivity contribution < 1.29 is 22.7 Å². The number of rotatable bonds is 7. The Balaban J connectivity index is 1.49. The number of piperazine rings is 1. The van der Waals surface area contributed by atoms with Crippen molar-refractivity contribution in [3.05, 3.63) is 29.8 Å². The molecule has 1 aliphatic carbocycles. The molecule has 0 unspecified atom stereocenters. The summed E-state index contributed by atoms with van der Waals surface area (Å²) in [4.78, 5) is 26.0. The molecular weight excluding hydrogens is 420 g/mol. The van der Waals surface area contributed by atoms with Gasteiger partial charge < -0.3 is 10.1 Å². The number of nitrogens with zero attached hydrogens (tertiary/aromatic N) is 3. The Morgan fingerprint density at radius 1 is 1.13 bits per heavy atom. The van der Waals surface area contributed by atoms with Gasteiger partial charge >= 0.3 is 5.97 Å². The Bertz CT molecular complexity index is 878. The van der Waals surface area contributed by atoms with E-state index in [9.17, 15) is 18.0 Å². The van der Waals surface area contributed by atoms with Crippen LogP contribution < -0.4 is 5.32 Å². The number of amides is 1. The van der Waals surface area contributed by atoms with E-state index in [2.05, 4.69) is 5.32 Å². The zero-order chi connectivity index (χ0) is 22.4. The summed E-state index contributed by atoms with van der Waals surface area (Å²) in [6.07, 6.45) is 5.18. The van der Waals surface area contributed by atoms with Crippen LogP contribution in [0.3, 0.4) is 0 Å². The first-order valence-corrected chi connectivity index (χ1v) is 12.1. The fraction of sp³-hybridized carbons (Fsp3) is 0.619. The van der Waals surface area contributed by atoms with E-state index in [-0.39, 0.29) is 18.5 Å². The van der Waals surface area contributed by atoms with Crippen molar-refractivity contribution >= 4 is 27.8 Å². The van der Waals surface area contributed by atoms with E-state index in [0.717, 1.165) is 25.7 Å². The fourth-order valence-electron chi connectivity index (χ4n) is 4.18. The summed E-state index contributed by atoms with van der Waals surface area (Å²) >= 11 is 0. The number of carbonyl (C=O) groups is 2. The Morgan fingerprint density at radius 2 is 1.81 bits per heavy atom. The summed E-state index contributed by atoms with van der Waals surface area (Å²) in [5, 5.41) is 2.78. The van der Waals surface area contributed by atoms with Crippen LogP contribution in [0, 0.1) is 0 Å². The van der Waals surface area contributed by atoms with Crippen molar-refractivity contribution in [2.45, 2.75) is 38.1 Å². The van der Waals surface area contributed by atoms with Gasteiger partial charge in [-0.05, 0) is 31.0 Å². The number of benzene rings is 1. The molecule has 0 aromatic heterocycles. The Hall–Kier alpha value is -2.01. The number of carbonyl (C=O) groups excluding carboxylic acids is 2. The third-order valence-corrected chi connectivity index (χ3v) is 8.09. The maximum Gasteiger partial charge on any atom is 0.337 e. The number of hydrogen-bond donors (Lipinski definition) is 1. The topological polar surface area (TPSA) is 99.3 Å². The van der Waals surface area contributed by atoms with E-state index in [0.29, 0.717) is 37.4 Å². The summed E-state index contributed by atoms with van der Waals surface area (Å²) in [6, 6.07) is 6.65. The van der Waals surface area contributed by atoms with E-state index in [1.165, 1.54) is 17.8 Å². The highest BCUT2D eigenvalue weighted by Crippen LogP contribution is 2.25. The van der Waals surface area contributed by atoms with E-state index in [1.807, 2.05) is 4.90 Å². The predicted octanol–water partition coefficient (Wildman–Crippen LogP) is 1.54. The second-order valence-electron chi connectivity index (χ2n) is 8.11. The summed E-state index contributed by atoms with van der Waals surface area (Å²) < 4.78 is 33.7. The molecule has 1 amide bonds. The van der Waals surface area contributed by atoms with E-state index in [4.69, 9.17) is 4.74 Å². The summed E-state index contributed by atoms with van der Waals surface area (Å²) in [6.45, 7) is 1.88.